The summed E-state index contributed by atoms with van der Waals surface area (Å²) < 4.78 is 30.7. The number of carbonyl (C=O) groups is 2. The summed E-state index contributed by atoms with van der Waals surface area (Å²) in [6, 6.07) is 13.8. The fourth-order valence-electron chi connectivity index (χ4n) is 2.96. The summed E-state index contributed by atoms with van der Waals surface area (Å²) in [5, 5.41) is -0.571. The third-order valence-corrected chi connectivity index (χ3v) is 6.15. The lowest BCUT2D eigenvalue weighted by Gasteiger charge is -2.20. The van der Waals surface area contributed by atoms with E-state index in [9.17, 15) is 14.0 Å². The molecule has 154 valence electrons. The van der Waals surface area contributed by atoms with E-state index in [1.165, 1.54) is 7.11 Å². The van der Waals surface area contributed by atoms with Crippen molar-refractivity contribution in [2.45, 2.75) is 36.8 Å². The molecule has 0 amide bonds. The number of methoxy groups -OCH3 is 1. The molecule has 0 radical (unpaired) electrons. The van der Waals surface area contributed by atoms with Crippen LogP contribution in [0.3, 0.4) is 0 Å². The summed E-state index contributed by atoms with van der Waals surface area (Å²) in [4.78, 5) is 24.7. The second-order valence-corrected chi connectivity index (χ2v) is 8.27. The summed E-state index contributed by atoms with van der Waals surface area (Å²) >= 11 is 1.15. The first kappa shape index (κ1) is 21.3. The highest BCUT2D eigenvalue weighted by atomic mass is 32.2. The lowest BCUT2D eigenvalue weighted by molar-refractivity contribution is -0.0175. The normalized spacial score (nSPS) is 23.6. The van der Waals surface area contributed by atoms with Crippen LogP contribution in [0.2, 0.25) is 0 Å². The summed E-state index contributed by atoms with van der Waals surface area (Å²) in [5.74, 6) is -1.13. The van der Waals surface area contributed by atoms with Gasteiger partial charge in [-0.15, -0.1) is 11.8 Å². The number of thioether (sulfide) groups is 1. The van der Waals surface area contributed by atoms with Gasteiger partial charge in [-0.25, -0.2) is 14.0 Å². The molecular weight excluding hydrogens is 395 g/mol. The summed E-state index contributed by atoms with van der Waals surface area (Å²) in [6.07, 6.45) is -2.60. The molecule has 0 spiro atoms. The molecule has 0 N–H and O–H groups in total. The molecule has 3 rings (SSSR count). The lowest BCUT2D eigenvalue weighted by Crippen LogP contribution is -2.37. The first-order valence-electron chi connectivity index (χ1n) is 9.23. The Hall–Kier alpha value is -2.38. The first-order valence-corrected chi connectivity index (χ1v) is 10.2. The molecule has 0 aromatic heterocycles. The minimum Gasteiger partial charge on any atom is -0.461 e. The molecule has 2 aromatic rings. The van der Waals surface area contributed by atoms with Crippen LogP contribution >= 0.6 is 11.8 Å². The van der Waals surface area contributed by atoms with Gasteiger partial charge in [0.15, 0.2) is 12.3 Å². The van der Waals surface area contributed by atoms with Gasteiger partial charge in [-0.2, -0.15) is 0 Å². The second-order valence-electron chi connectivity index (χ2n) is 6.92. The third-order valence-electron chi connectivity index (χ3n) is 4.68. The maximum Gasteiger partial charge on any atom is 0.338 e. The van der Waals surface area contributed by atoms with Crippen LogP contribution < -0.4 is 0 Å². The van der Waals surface area contributed by atoms with Gasteiger partial charge in [0.1, 0.15) is 12.0 Å². The van der Waals surface area contributed by atoms with Crippen molar-refractivity contribution >= 4 is 23.7 Å². The summed E-state index contributed by atoms with van der Waals surface area (Å²) in [6.45, 7) is 3.73. The minimum atomic E-state index is -1.53. The second kappa shape index (κ2) is 9.41. The highest BCUT2D eigenvalue weighted by Crippen LogP contribution is 2.39. The van der Waals surface area contributed by atoms with Crippen LogP contribution in [0.15, 0.2) is 48.5 Å². The fraction of sp³-hybridized carbons (Fsp3) is 0.364. The van der Waals surface area contributed by atoms with Gasteiger partial charge in [-0.3, -0.25) is 0 Å². The Morgan fingerprint density at radius 2 is 1.45 bits per heavy atom. The molecule has 0 saturated carbocycles. The van der Waals surface area contributed by atoms with E-state index >= 15 is 0 Å². The van der Waals surface area contributed by atoms with Gasteiger partial charge in [-0.05, 0) is 38.1 Å². The number of esters is 2. The molecule has 4 atom stereocenters. The molecule has 1 unspecified atom stereocenters. The van der Waals surface area contributed by atoms with E-state index in [2.05, 4.69) is 0 Å². The Balaban J connectivity index is 1.66. The molecule has 1 heterocycles. The SMILES string of the molecule is COC1S[C@H](COC(=O)c2ccc(C)cc2)[C@@H](OC(=O)c2ccc(C)cc2)[C@@H]1F. The Morgan fingerprint density at radius 3 is 1.97 bits per heavy atom. The number of aryl methyl sites for hydroxylation is 2. The number of hydrogen-bond donors (Lipinski definition) is 0. The van der Waals surface area contributed by atoms with E-state index in [1.807, 2.05) is 26.0 Å². The molecule has 29 heavy (non-hydrogen) atoms. The van der Waals surface area contributed by atoms with Crippen LogP contribution in [-0.2, 0) is 14.2 Å². The van der Waals surface area contributed by atoms with Crippen molar-refractivity contribution in [3.8, 4) is 0 Å². The predicted molar refractivity (Wildman–Crippen MR) is 109 cm³/mol. The zero-order valence-corrected chi connectivity index (χ0v) is 17.3. The van der Waals surface area contributed by atoms with Gasteiger partial charge in [0.25, 0.3) is 0 Å². The van der Waals surface area contributed by atoms with Crippen molar-refractivity contribution in [3.05, 3.63) is 70.8 Å². The molecule has 1 fully saturated rings. The highest BCUT2D eigenvalue weighted by molar-refractivity contribution is 8.00. The van der Waals surface area contributed by atoms with Crippen LogP contribution in [0.1, 0.15) is 31.8 Å². The van der Waals surface area contributed by atoms with E-state index in [4.69, 9.17) is 14.2 Å². The number of rotatable bonds is 6. The molecule has 1 aliphatic rings. The van der Waals surface area contributed by atoms with Crippen LogP contribution in [-0.4, -0.2) is 48.6 Å². The monoisotopic (exact) mass is 418 g/mol. The number of hydrogen-bond acceptors (Lipinski definition) is 6. The largest absolute Gasteiger partial charge is 0.461 e. The van der Waals surface area contributed by atoms with E-state index in [0.29, 0.717) is 11.1 Å². The topological polar surface area (TPSA) is 61.8 Å². The molecule has 5 nitrogen and oxygen atoms in total. The molecule has 0 bridgehead atoms. The Morgan fingerprint density at radius 1 is 0.931 bits per heavy atom. The number of halogens is 1. The molecule has 1 aliphatic heterocycles. The van der Waals surface area contributed by atoms with Gasteiger partial charge in [0, 0.05) is 7.11 Å². The van der Waals surface area contributed by atoms with Crippen molar-refractivity contribution in [2.24, 2.45) is 0 Å². The number of ether oxygens (including phenoxy) is 3. The molecule has 1 saturated heterocycles. The van der Waals surface area contributed by atoms with Gasteiger partial charge in [0.2, 0.25) is 0 Å². The summed E-state index contributed by atoms with van der Waals surface area (Å²) in [7, 11) is 1.39. The quantitative estimate of drug-likeness (QED) is 0.658. The Kier molecular flexibility index (Phi) is 6.92. The molecule has 2 aromatic carbocycles. The highest BCUT2D eigenvalue weighted by Gasteiger charge is 2.48. The van der Waals surface area contributed by atoms with Crippen molar-refractivity contribution in [1.82, 2.24) is 0 Å². The predicted octanol–water partition coefficient (Wildman–Crippen LogP) is 4.11. The maximum atomic E-state index is 14.8. The van der Waals surface area contributed by atoms with Crippen molar-refractivity contribution in [1.29, 1.82) is 0 Å². The fourth-order valence-corrected chi connectivity index (χ4v) is 4.23. The van der Waals surface area contributed by atoms with Crippen molar-refractivity contribution in [2.75, 3.05) is 13.7 Å². The maximum absolute atomic E-state index is 14.8. The standard InChI is InChI=1S/C22H23FO5S/c1-13-4-8-15(9-5-13)20(24)27-12-17-19(18(23)22(26-3)29-17)28-21(25)16-10-6-14(2)7-11-16/h4-11,17-19,22H,12H2,1-3H3/t17-,18+,19-,22?/m1/s1. The number of carbonyl (C=O) groups excluding carboxylic acids is 2. The minimum absolute atomic E-state index is 0.0937. The summed E-state index contributed by atoms with van der Waals surface area (Å²) in [5.41, 5.74) is 1.98. The average Bonchev–Trinajstić information content (AvgIpc) is 3.02. The average molecular weight is 418 g/mol. The van der Waals surface area contributed by atoms with E-state index in [0.717, 1.165) is 22.9 Å². The van der Waals surface area contributed by atoms with Gasteiger partial charge >= 0.3 is 11.9 Å². The number of alkyl halides is 1. The smallest absolute Gasteiger partial charge is 0.338 e. The van der Waals surface area contributed by atoms with Gasteiger partial charge in [0.05, 0.1) is 16.4 Å². The molecule has 7 heteroatoms. The van der Waals surface area contributed by atoms with E-state index < -0.39 is 34.9 Å². The van der Waals surface area contributed by atoms with Crippen LogP contribution in [0.25, 0.3) is 0 Å². The van der Waals surface area contributed by atoms with Crippen molar-refractivity contribution < 1.29 is 28.2 Å². The zero-order chi connectivity index (χ0) is 21.0. The van der Waals surface area contributed by atoms with Gasteiger partial charge < -0.3 is 14.2 Å². The van der Waals surface area contributed by atoms with Crippen LogP contribution in [0, 0.1) is 13.8 Å². The van der Waals surface area contributed by atoms with Crippen LogP contribution in [0.5, 0.6) is 0 Å². The van der Waals surface area contributed by atoms with E-state index in [1.54, 1.807) is 36.4 Å². The van der Waals surface area contributed by atoms with E-state index in [-0.39, 0.29) is 6.61 Å². The van der Waals surface area contributed by atoms with Gasteiger partial charge in [-0.1, -0.05) is 35.4 Å². The molecular formula is C22H23FO5S. The molecule has 0 aliphatic carbocycles. The third kappa shape index (κ3) is 5.16. The zero-order valence-electron chi connectivity index (χ0n) is 16.5. The van der Waals surface area contributed by atoms with Crippen LogP contribution in [0.4, 0.5) is 4.39 Å². The van der Waals surface area contributed by atoms with Crippen molar-refractivity contribution in [3.63, 3.8) is 0 Å². The number of benzene rings is 2. The Bertz CT molecular complexity index is 853. The lowest BCUT2D eigenvalue weighted by atomic mass is 10.1. The first-order chi connectivity index (χ1) is 13.9. The Labute approximate surface area is 173 Å².